The highest BCUT2D eigenvalue weighted by Gasteiger charge is 2.15. The van der Waals surface area contributed by atoms with E-state index in [0.717, 1.165) is 0 Å². The molecule has 3 aromatic carbocycles. The highest BCUT2D eigenvalue weighted by atomic mass is 19.1. The largest absolute Gasteiger partial charge is 0.457 e. The molecule has 0 radical (unpaired) electrons. The summed E-state index contributed by atoms with van der Waals surface area (Å²) in [5.74, 6) is -1.26. The van der Waals surface area contributed by atoms with Crippen molar-refractivity contribution in [3.8, 4) is 33.8 Å². The maximum Gasteiger partial charge on any atom is 0.338 e. The molecule has 0 unspecified atom stereocenters. The van der Waals surface area contributed by atoms with Gasteiger partial charge in [0.2, 0.25) is 0 Å². The lowest BCUT2D eigenvalue weighted by Crippen LogP contribution is -2.11. The van der Waals surface area contributed by atoms with Crippen LogP contribution in [0.25, 0.3) is 22.3 Å². The Hall–Kier alpha value is -4.52. The van der Waals surface area contributed by atoms with Crippen LogP contribution in [0.2, 0.25) is 0 Å². The third-order valence-corrected chi connectivity index (χ3v) is 4.96. The van der Waals surface area contributed by atoms with Crippen molar-refractivity contribution in [3.05, 3.63) is 96.3 Å². The van der Waals surface area contributed by atoms with Crippen LogP contribution >= 0.6 is 0 Å². The van der Waals surface area contributed by atoms with E-state index >= 15 is 4.39 Å². The van der Waals surface area contributed by atoms with Gasteiger partial charge in [-0.25, -0.2) is 14.0 Å². The lowest BCUT2D eigenvalue weighted by molar-refractivity contribution is -0.140. The summed E-state index contributed by atoms with van der Waals surface area (Å²) in [6.45, 7) is 10.3. The van der Waals surface area contributed by atoms with Gasteiger partial charge in [0.05, 0.1) is 0 Å². The number of benzene rings is 3. The van der Waals surface area contributed by atoms with Crippen LogP contribution in [0.4, 0.5) is 4.39 Å². The molecule has 0 aromatic heterocycles. The first-order chi connectivity index (χ1) is 16.7. The Kier molecular flexibility index (Phi) is 7.94. The summed E-state index contributed by atoms with van der Waals surface area (Å²) >= 11 is 0. The van der Waals surface area contributed by atoms with Crippen LogP contribution < -0.4 is 9.47 Å². The Morgan fingerprint density at radius 2 is 1.57 bits per heavy atom. The molecule has 0 atom stereocenters. The van der Waals surface area contributed by atoms with Gasteiger partial charge in [-0.05, 0) is 54.8 Å². The summed E-state index contributed by atoms with van der Waals surface area (Å²) in [5, 5.41) is 0. The Labute approximate surface area is 202 Å². The quantitative estimate of drug-likeness (QED) is 0.169. The standard InChI is InChI=1S/C28H23FO6/c1-17(2)27(31)33-15-22-9-8-20(14-26(22)35-28(32)18(3)4)19-10-11-24(25(29)13-19)21-6-5-7-23(12-21)34-16-30/h5-14,16H,1,3,15H2,2,4H3. The Bertz CT molecular complexity index is 1320. The third kappa shape index (κ3) is 6.29. The summed E-state index contributed by atoms with van der Waals surface area (Å²) in [6, 6.07) is 16.1. The van der Waals surface area contributed by atoms with Gasteiger partial charge < -0.3 is 14.2 Å². The van der Waals surface area contributed by atoms with Crippen molar-refractivity contribution < 1.29 is 33.0 Å². The molecule has 0 saturated carbocycles. The molecule has 0 fully saturated rings. The molecule has 6 nitrogen and oxygen atoms in total. The molecule has 0 spiro atoms. The number of hydrogen-bond donors (Lipinski definition) is 0. The lowest BCUT2D eigenvalue weighted by atomic mass is 9.98. The maximum atomic E-state index is 15.0. The van der Waals surface area contributed by atoms with E-state index in [4.69, 9.17) is 14.2 Å². The maximum absolute atomic E-state index is 15.0. The normalized spacial score (nSPS) is 10.3. The highest BCUT2D eigenvalue weighted by molar-refractivity contribution is 5.89. The van der Waals surface area contributed by atoms with E-state index in [2.05, 4.69) is 13.2 Å². The minimum absolute atomic E-state index is 0.142. The molecule has 0 saturated heterocycles. The molecule has 0 amide bonds. The fourth-order valence-electron chi connectivity index (χ4n) is 3.12. The lowest BCUT2D eigenvalue weighted by Gasteiger charge is -2.14. The van der Waals surface area contributed by atoms with Gasteiger partial charge in [-0.2, -0.15) is 0 Å². The fourth-order valence-corrected chi connectivity index (χ4v) is 3.12. The Morgan fingerprint density at radius 3 is 2.23 bits per heavy atom. The molecule has 0 bridgehead atoms. The minimum atomic E-state index is -0.645. The van der Waals surface area contributed by atoms with Gasteiger partial charge in [0.15, 0.2) is 0 Å². The summed E-state index contributed by atoms with van der Waals surface area (Å²) < 4.78 is 30.5. The second-order valence-electron chi connectivity index (χ2n) is 7.79. The molecule has 0 N–H and O–H groups in total. The number of carbonyl (C=O) groups is 3. The van der Waals surface area contributed by atoms with Crippen LogP contribution in [-0.4, -0.2) is 18.4 Å². The van der Waals surface area contributed by atoms with Crippen molar-refractivity contribution in [1.82, 2.24) is 0 Å². The first kappa shape index (κ1) is 25.1. The molecule has 35 heavy (non-hydrogen) atoms. The Morgan fingerprint density at radius 1 is 0.886 bits per heavy atom. The molecular weight excluding hydrogens is 451 g/mol. The SMILES string of the molecule is C=C(C)C(=O)OCc1ccc(-c2ccc(-c3cccc(OC=O)c3)c(F)c2)cc1OC(=O)C(=C)C. The van der Waals surface area contributed by atoms with Gasteiger partial charge in [-0.15, -0.1) is 0 Å². The zero-order chi connectivity index (χ0) is 25.5. The van der Waals surface area contributed by atoms with Crippen LogP contribution in [0.15, 0.2) is 85.0 Å². The van der Waals surface area contributed by atoms with Gasteiger partial charge >= 0.3 is 11.9 Å². The van der Waals surface area contributed by atoms with Gasteiger partial charge in [0, 0.05) is 22.3 Å². The third-order valence-electron chi connectivity index (χ3n) is 4.96. The molecular formula is C28H23FO6. The van der Waals surface area contributed by atoms with Crippen molar-refractivity contribution in [2.24, 2.45) is 0 Å². The zero-order valence-electron chi connectivity index (χ0n) is 19.3. The second kappa shape index (κ2) is 11.1. The van der Waals surface area contributed by atoms with E-state index in [0.29, 0.717) is 40.0 Å². The number of esters is 2. The molecule has 0 aliphatic heterocycles. The fraction of sp³-hybridized carbons (Fsp3) is 0.107. The smallest absolute Gasteiger partial charge is 0.338 e. The highest BCUT2D eigenvalue weighted by Crippen LogP contribution is 2.33. The summed E-state index contributed by atoms with van der Waals surface area (Å²) in [4.78, 5) is 34.5. The molecule has 0 heterocycles. The first-order valence-corrected chi connectivity index (χ1v) is 10.5. The van der Waals surface area contributed by atoms with E-state index in [1.807, 2.05) is 0 Å². The van der Waals surface area contributed by atoms with Crippen molar-refractivity contribution >= 4 is 18.4 Å². The molecule has 7 heteroatoms. The number of rotatable bonds is 9. The summed E-state index contributed by atoms with van der Waals surface area (Å²) in [6.07, 6.45) is 0. The van der Waals surface area contributed by atoms with Crippen LogP contribution in [0.1, 0.15) is 19.4 Å². The minimum Gasteiger partial charge on any atom is -0.457 e. The molecule has 3 rings (SSSR count). The van der Waals surface area contributed by atoms with Crippen molar-refractivity contribution in [1.29, 1.82) is 0 Å². The van der Waals surface area contributed by atoms with Crippen molar-refractivity contribution in [3.63, 3.8) is 0 Å². The monoisotopic (exact) mass is 474 g/mol. The van der Waals surface area contributed by atoms with E-state index in [9.17, 15) is 14.4 Å². The van der Waals surface area contributed by atoms with Crippen LogP contribution in [0.5, 0.6) is 11.5 Å². The average molecular weight is 474 g/mol. The van der Waals surface area contributed by atoms with Crippen LogP contribution in [0, 0.1) is 5.82 Å². The topological polar surface area (TPSA) is 78.9 Å². The van der Waals surface area contributed by atoms with E-state index < -0.39 is 17.8 Å². The predicted molar refractivity (Wildman–Crippen MR) is 129 cm³/mol. The number of halogens is 1. The Balaban J connectivity index is 1.95. The van der Waals surface area contributed by atoms with E-state index in [1.165, 1.54) is 19.9 Å². The number of carbonyl (C=O) groups excluding carboxylic acids is 3. The number of hydrogen-bond acceptors (Lipinski definition) is 6. The van der Waals surface area contributed by atoms with E-state index in [1.54, 1.807) is 54.6 Å². The van der Waals surface area contributed by atoms with Crippen molar-refractivity contribution in [2.75, 3.05) is 0 Å². The van der Waals surface area contributed by atoms with Crippen LogP contribution in [0.3, 0.4) is 0 Å². The predicted octanol–water partition coefficient (Wildman–Crippen LogP) is 5.80. The molecule has 178 valence electrons. The first-order valence-electron chi connectivity index (χ1n) is 10.5. The summed E-state index contributed by atoms with van der Waals surface area (Å²) in [7, 11) is 0. The average Bonchev–Trinajstić information content (AvgIpc) is 2.83. The van der Waals surface area contributed by atoms with Gasteiger partial charge in [-0.3, -0.25) is 4.79 Å². The zero-order valence-corrected chi connectivity index (χ0v) is 19.3. The van der Waals surface area contributed by atoms with Crippen LogP contribution in [-0.2, 0) is 25.7 Å². The second-order valence-corrected chi connectivity index (χ2v) is 7.79. The number of ether oxygens (including phenoxy) is 3. The molecule has 0 aliphatic rings. The van der Waals surface area contributed by atoms with Gasteiger partial charge in [0.25, 0.3) is 6.47 Å². The van der Waals surface area contributed by atoms with Gasteiger partial charge in [-0.1, -0.05) is 49.6 Å². The molecule has 3 aromatic rings. The van der Waals surface area contributed by atoms with E-state index in [-0.39, 0.29) is 23.5 Å². The summed E-state index contributed by atoms with van der Waals surface area (Å²) in [5.41, 5.74) is 2.85. The van der Waals surface area contributed by atoms with Crippen molar-refractivity contribution in [2.45, 2.75) is 20.5 Å². The van der Waals surface area contributed by atoms with Gasteiger partial charge in [0.1, 0.15) is 23.9 Å². The molecule has 0 aliphatic carbocycles.